The van der Waals surface area contributed by atoms with Crippen LogP contribution in [0, 0.1) is 11.3 Å². The first-order valence-corrected chi connectivity index (χ1v) is 4.59. The van der Waals surface area contributed by atoms with Gasteiger partial charge in [0.1, 0.15) is 11.9 Å². The topological polar surface area (TPSA) is 84.0 Å². The van der Waals surface area contributed by atoms with Crippen LogP contribution < -0.4 is 11.1 Å². The summed E-state index contributed by atoms with van der Waals surface area (Å²) < 4.78 is 5.08. The van der Waals surface area contributed by atoms with Crippen LogP contribution in [0.1, 0.15) is 12.5 Å². The van der Waals surface area contributed by atoms with Gasteiger partial charge in [0.2, 0.25) is 0 Å². The van der Waals surface area contributed by atoms with Crippen LogP contribution in [0.3, 0.4) is 0 Å². The molecule has 1 unspecified atom stereocenters. The molecule has 5 heteroatoms. The Hall–Kier alpha value is -1.80. The smallest absolute Gasteiger partial charge is 0.125 e. The Morgan fingerprint density at radius 3 is 3.07 bits per heavy atom. The summed E-state index contributed by atoms with van der Waals surface area (Å²) in [6.07, 6.45) is 1.53. The zero-order valence-electron chi connectivity index (χ0n) is 8.82. The zero-order valence-corrected chi connectivity index (χ0v) is 8.82. The third-order valence-corrected chi connectivity index (χ3v) is 2.03. The molecule has 0 radical (unpaired) electrons. The van der Waals surface area contributed by atoms with Gasteiger partial charge in [-0.2, -0.15) is 5.26 Å². The summed E-state index contributed by atoms with van der Waals surface area (Å²) in [6, 6.07) is 3.68. The van der Waals surface area contributed by atoms with E-state index in [0.717, 1.165) is 0 Å². The number of nitrogen functional groups attached to an aromatic ring is 1. The number of anilines is 2. The summed E-state index contributed by atoms with van der Waals surface area (Å²) in [5.74, 6) is 0.390. The van der Waals surface area contributed by atoms with Crippen LogP contribution >= 0.6 is 0 Å². The van der Waals surface area contributed by atoms with Gasteiger partial charge in [-0.3, -0.25) is 0 Å². The summed E-state index contributed by atoms with van der Waals surface area (Å²) in [7, 11) is 1.64. The van der Waals surface area contributed by atoms with Crippen LogP contribution in [-0.2, 0) is 4.74 Å². The average molecular weight is 206 g/mol. The lowest BCUT2D eigenvalue weighted by atomic mass is 10.2. The number of methoxy groups -OCH3 is 1. The van der Waals surface area contributed by atoms with Crippen molar-refractivity contribution in [3.63, 3.8) is 0 Å². The van der Waals surface area contributed by atoms with Crippen molar-refractivity contribution in [2.24, 2.45) is 0 Å². The molecule has 1 aromatic heterocycles. The SMILES string of the molecule is COC(C)CNc1cc(N)ncc1C#N. The number of pyridine rings is 1. The van der Waals surface area contributed by atoms with E-state index in [0.29, 0.717) is 23.6 Å². The number of ether oxygens (including phenoxy) is 1. The second-order valence-electron chi connectivity index (χ2n) is 3.19. The Balaban J connectivity index is 2.75. The molecule has 0 aliphatic rings. The molecule has 0 aliphatic heterocycles. The highest BCUT2D eigenvalue weighted by molar-refractivity contribution is 5.60. The predicted octanol–water partition coefficient (Wildman–Crippen LogP) is 0.982. The summed E-state index contributed by atoms with van der Waals surface area (Å²) in [4.78, 5) is 3.84. The first kappa shape index (κ1) is 11.3. The number of nitrogens with zero attached hydrogens (tertiary/aromatic N) is 2. The molecule has 0 bridgehead atoms. The zero-order chi connectivity index (χ0) is 11.3. The molecular weight excluding hydrogens is 192 g/mol. The maximum atomic E-state index is 8.83. The third-order valence-electron chi connectivity index (χ3n) is 2.03. The van der Waals surface area contributed by atoms with Gasteiger partial charge in [-0.1, -0.05) is 0 Å². The fourth-order valence-corrected chi connectivity index (χ4v) is 1.04. The molecule has 5 nitrogen and oxygen atoms in total. The molecule has 0 amide bonds. The minimum absolute atomic E-state index is 0.0749. The first-order chi connectivity index (χ1) is 7.17. The molecule has 1 rings (SSSR count). The summed E-state index contributed by atoms with van der Waals surface area (Å²) in [6.45, 7) is 2.55. The highest BCUT2D eigenvalue weighted by Gasteiger charge is 2.05. The van der Waals surface area contributed by atoms with Crippen molar-refractivity contribution >= 4 is 11.5 Å². The standard InChI is InChI=1S/C10H14N4O/c1-7(15-2)5-13-9-3-10(12)14-6-8(9)4-11/h3,6-7H,5H2,1-2H3,(H3,12,13,14). The van der Waals surface area contributed by atoms with Gasteiger partial charge in [0.15, 0.2) is 0 Å². The fraction of sp³-hybridized carbons (Fsp3) is 0.400. The van der Waals surface area contributed by atoms with E-state index < -0.39 is 0 Å². The van der Waals surface area contributed by atoms with E-state index in [1.54, 1.807) is 13.2 Å². The number of rotatable bonds is 4. The molecule has 80 valence electrons. The van der Waals surface area contributed by atoms with Gasteiger partial charge in [0, 0.05) is 25.9 Å². The number of aromatic nitrogens is 1. The largest absolute Gasteiger partial charge is 0.384 e. The lowest BCUT2D eigenvalue weighted by Crippen LogP contribution is -2.18. The number of hydrogen-bond acceptors (Lipinski definition) is 5. The third kappa shape index (κ3) is 3.11. The second kappa shape index (κ2) is 5.17. The van der Waals surface area contributed by atoms with Crippen molar-refractivity contribution in [2.75, 3.05) is 24.7 Å². The monoisotopic (exact) mass is 206 g/mol. The summed E-state index contributed by atoms with van der Waals surface area (Å²) in [5, 5.41) is 11.9. The van der Waals surface area contributed by atoms with Crippen LogP contribution in [-0.4, -0.2) is 24.7 Å². The van der Waals surface area contributed by atoms with Gasteiger partial charge < -0.3 is 15.8 Å². The molecule has 0 spiro atoms. The molecule has 1 atom stereocenters. The molecule has 0 fully saturated rings. The quantitative estimate of drug-likeness (QED) is 0.767. The minimum Gasteiger partial charge on any atom is -0.384 e. The van der Waals surface area contributed by atoms with E-state index in [1.165, 1.54) is 6.20 Å². The van der Waals surface area contributed by atoms with Crippen molar-refractivity contribution in [1.82, 2.24) is 4.98 Å². The van der Waals surface area contributed by atoms with Crippen molar-refractivity contribution < 1.29 is 4.74 Å². The van der Waals surface area contributed by atoms with E-state index >= 15 is 0 Å². The second-order valence-corrected chi connectivity index (χ2v) is 3.19. The fourth-order valence-electron chi connectivity index (χ4n) is 1.04. The van der Waals surface area contributed by atoms with E-state index in [4.69, 9.17) is 15.7 Å². The number of nitrogens with one attached hydrogen (secondary N) is 1. The molecule has 0 aliphatic carbocycles. The van der Waals surface area contributed by atoms with Crippen molar-refractivity contribution in [1.29, 1.82) is 5.26 Å². The van der Waals surface area contributed by atoms with Crippen molar-refractivity contribution in [3.05, 3.63) is 17.8 Å². The van der Waals surface area contributed by atoms with Gasteiger partial charge in [0.25, 0.3) is 0 Å². The Labute approximate surface area is 88.9 Å². The molecule has 3 N–H and O–H groups in total. The highest BCUT2D eigenvalue weighted by Crippen LogP contribution is 2.15. The van der Waals surface area contributed by atoms with Crippen LogP contribution in [0.25, 0.3) is 0 Å². The number of hydrogen-bond donors (Lipinski definition) is 2. The molecule has 0 saturated carbocycles. The summed E-state index contributed by atoms with van der Waals surface area (Å²) >= 11 is 0. The van der Waals surface area contributed by atoms with Gasteiger partial charge in [-0.15, -0.1) is 0 Å². The van der Waals surface area contributed by atoms with Crippen LogP contribution in [0.5, 0.6) is 0 Å². The maximum absolute atomic E-state index is 8.83. The van der Waals surface area contributed by atoms with Gasteiger partial charge >= 0.3 is 0 Å². The van der Waals surface area contributed by atoms with Crippen LogP contribution in [0.2, 0.25) is 0 Å². The van der Waals surface area contributed by atoms with Crippen LogP contribution in [0.4, 0.5) is 11.5 Å². The summed E-state index contributed by atoms with van der Waals surface area (Å²) in [5.41, 5.74) is 6.70. The van der Waals surface area contributed by atoms with E-state index in [2.05, 4.69) is 10.3 Å². The van der Waals surface area contributed by atoms with E-state index in [9.17, 15) is 0 Å². The Bertz CT molecular complexity index is 372. The lowest BCUT2D eigenvalue weighted by Gasteiger charge is -2.12. The minimum atomic E-state index is 0.0749. The normalized spacial score (nSPS) is 11.8. The molecule has 1 aromatic rings. The van der Waals surface area contributed by atoms with E-state index in [1.807, 2.05) is 13.0 Å². The van der Waals surface area contributed by atoms with Gasteiger partial charge in [0.05, 0.1) is 17.4 Å². The Morgan fingerprint density at radius 1 is 1.73 bits per heavy atom. The predicted molar refractivity (Wildman–Crippen MR) is 58.3 cm³/mol. The first-order valence-electron chi connectivity index (χ1n) is 4.59. The Morgan fingerprint density at radius 2 is 2.47 bits per heavy atom. The molecule has 0 saturated heterocycles. The number of nitrogens with two attached hydrogens (primary N) is 1. The van der Waals surface area contributed by atoms with Crippen molar-refractivity contribution in [2.45, 2.75) is 13.0 Å². The maximum Gasteiger partial charge on any atom is 0.125 e. The molecule has 0 aromatic carbocycles. The lowest BCUT2D eigenvalue weighted by molar-refractivity contribution is 0.129. The molecule has 1 heterocycles. The molecular formula is C10H14N4O. The Kier molecular flexibility index (Phi) is 3.89. The van der Waals surface area contributed by atoms with E-state index in [-0.39, 0.29) is 6.10 Å². The van der Waals surface area contributed by atoms with Gasteiger partial charge in [-0.05, 0) is 6.92 Å². The number of nitriles is 1. The average Bonchev–Trinajstić information content (AvgIpc) is 2.26. The van der Waals surface area contributed by atoms with Crippen molar-refractivity contribution in [3.8, 4) is 6.07 Å². The molecule has 15 heavy (non-hydrogen) atoms. The van der Waals surface area contributed by atoms with Crippen LogP contribution in [0.15, 0.2) is 12.3 Å². The van der Waals surface area contributed by atoms with Gasteiger partial charge in [-0.25, -0.2) is 4.98 Å². The highest BCUT2D eigenvalue weighted by atomic mass is 16.5.